The SMILES string of the molecule is CCCN1CCC(NC(=NC)NCCc2nc(C(F)(F)F)cs2)CC1.I. The first kappa shape index (κ1) is 23.4. The third-order valence-corrected chi connectivity index (χ3v) is 5.07. The zero-order chi connectivity index (χ0) is 18.3. The second-order valence-electron chi connectivity index (χ2n) is 6.13. The monoisotopic (exact) mass is 505 g/mol. The van der Waals surface area contributed by atoms with E-state index in [4.69, 9.17) is 0 Å². The average Bonchev–Trinajstić information content (AvgIpc) is 3.05. The minimum Gasteiger partial charge on any atom is -0.356 e. The molecule has 0 aliphatic carbocycles. The van der Waals surface area contributed by atoms with Crippen molar-refractivity contribution in [3.63, 3.8) is 0 Å². The van der Waals surface area contributed by atoms with Crippen molar-refractivity contribution in [2.75, 3.05) is 33.2 Å². The minimum absolute atomic E-state index is 0. The topological polar surface area (TPSA) is 52.5 Å². The van der Waals surface area contributed by atoms with E-state index in [1.54, 1.807) is 7.05 Å². The molecular weight excluding hydrogens is 478 g/mol. The Morgan fingerprint density at radius 2 is 2.08 bits per heavy atom. The summed E-state index contributed by atoms with van der Waals surface area (Å²) in [4.78, 5) is 10.3. The van der Waals surface area contributed by atoms with Crippen LogP contribution in [0.2, 0.25) is 0 Å². The highest BCUT2D eigenvalue weighted by Gasteiger charge is 2.33. The Hall–Kier alpha value is -0.620. The maximum absolute atomic E-state index is 12.5. The Labute approximate surface area is 173 Å². The molecule has 1 fully saturated rings. The number of guanidine groups is 1. The number of thiazole rings is 1. The molecule has 1 aromatic rings. The highest BCUT2D eigenvalue weighted by molar-refractivity contribution is 14.0. The summed E-state index contributed by atoms with van der Waals surface area (Å²) in [7, 11) is 1.70. The van der Waals surface area contributed by atoms with E-state index >= 15 is 0 Å². The van der Waals surface area contributed by atoms with E-state index in [1.807, 2.05) is 0 Å². The van der Waals surface area contributed by atoms with E-state index < -0.39 is 11.9 Å². The van der Waals surface area contributed by atoms with Crippen LogP contribution in [0, 0.1) is 0 Å². The van der Waals surface area contributed by atoms with Crippen LogP contribution in [-0.4, -0.2) is 55.1 Å². The number of nitrogens with one attached hydrogen (secondary N) is 2. The van der Waals surface area contributed by atoms with Crippen LogP contribution in [0.15, 0.2) is 10.4 Å². The highest BCUT2D eigenvalue weighted by Crippen LogP contribution is 2.29. The number of alkyl halides is 3. The summed E-state index contributed by atoms with van der Waals surface area (Å²) in [6.45, 7) is 6.01. The molecule has 0 unspecified atom stereocenters. The van der Waals surface area contributed by atoms with Crippen LogP contribution in [0.25, 0.3) is 0 Å². The van der Waals surface area contributed by atoms with Crippen molar-refractivity contribution in [3.8, 4) is 0 Å². The van der Waals surface area contributed by atoms with Crippen molar-refractivity contribution < 1.29 is 13.2 Å². The van der Waals surface area contributed by atoms with Crippen LogP contribution >= 0.6 is 35.3 Å². The Balaban J connectivity index is 0.00000338. The first-order chi connectivity index (χ1) is 11.9. The summed E-state index contributed by atoms with van der Waals surface area (Å²) in [5, 5.41) is 8.10. The Morgan fingerprint density at radius 1 is 1.38 bits per heavy atom. The van der Waals surface area contributed by atoms with Gasteiger partial charge in [0.15, 0.2) is 11.7 Å². The first-order valence-corrected chi connectivity index (χ1v) is 9.51. The highest BCUT2D eigenvalue weighted by atomic mass is 127. The van der Waals surface area contributed by atoms with Crippen molar-refractivity contribution in [1.29, 1.82) is 0 Å². The molecule has 0 bridgehead atoms. The molecule has 2 N–H and O–H groups in total. The summed E-state index contributed by atoms with van der Waals surface area (Å²) >= 11 is 1.04. The smallest absolute Gasteiger partial charge is 0.356 e. The molecule has 0 radical (unpaired) electrons. The molecule has 0 amide bonds. The third kappa shape index (κ3) is 7.55. The molecular formula is C16H27F3IN5S. The van der Waals surface area contributed by atoms with Gasteiger partial charge < -0.3 is 15.5 Å². The fraction of sp³-hybridized carbons (Fsp3) is 0.750. The number of hydrogen-bond donors (Lipinski definition) is 2. The number of aromatic nitrogens is 1. The molecule has 2 rings (SSSR count). The van der Waals surface area contributed by atoms with Crippen LogP contribution in [0.4, 0.5) is 13.2 Å². The lowest BCUT2D eigenvalue weighted by Crippen LogP contribution is -2.49. The van der Waals surface area contributed by atoms with Gasteiger partial charge in [-0.05, 0) is 25.8 Å². The van der Waals surface area contributed by atoms with E-state index in [0.29, 0.717) is 30.0 Å². The second kappa shape index (κ2) is 11.3. The second-order valence-corrected chi connectivity index (χ2v) is 7.08. The van der Waals surface area contributed by atoms with Crippen LogP contribution in [0.1, 0.15) is 36.9 Å². The Kier molecular flexibility index (Phi) is 10.2. The van der Waals surface area contributed by atoms with Gasteiger partial charge in [-0.3, -0.25) is 4.99 Å². The van der Waals surface area contributed by atoms with Gasteiger partial charge in [-0.15, -0.1) is 35.3 Å². The van der Waals surface area contributed by atoms with Crippen molar-refractivity contribution in [2.24, 2.45) is 4.99 Å². The molecule has 0 saturated carbocycles. The molecule has 26 heavy (non-hydrogen) atoms. The molecule has 5 nitrogen and oxygen atoms in total. The van der Waals surface area contributed by atoms with Gasteiger partial charge in [0.1, 0.15) is 0 Å². The zero-order valence-corrected chi connectivity index (χ0v) is 18.3. The van der Waals surface area contributed by atoms with Crippen LogP contribution < -0.4 is 10.6 Å². The van der Waals surface area contributed by atoms with Gasteiger partial charge in [-0.1, -0.05) is 6.92 Å². The van der Waals surface area contributed by atoms with E-state index in [-0.39, 0.29) is 24.0 Å². The lowest BCUT2D eigenvalue weighted by atomic mass is 10.1. The van der Waals surface area contributed by atoms with E-state index in [1.165, 1.54) is 6.42 Å². The van der Waals surface area contributed by atoms with Crippen LogP contribution in [0.3, 0.4) is 0 Å². The molecule has 1 aliphatic rings. The molecule has 1 saturated heterocycles. The molecule has 2 heterocycles. The Bertz CT molecular complexity index is 556. The van der Waals surface area contributed by atoms with Crippen molar-refractivity contribution in [3.05, 3.63) is 16.1 Å². The lowest BCUT2D eigenvalue weighted by Gasteiger charge is -2.32. The molecule has 150 valence electrons. The number of rotatable bonds is 6. The van der Waals surface area contributed by atoms with E-state index in [9.17, 15) is 13.2 Å². The largest absolute Gasteiger partial charge is 0.434 e. The minimum atomic E-state index is -4.37. The summed E-state index contributed by atoms with van der Waals surface area (Å²) in [6, 6.07) is 0.385. The number of piperidine rings is 1. The van der Waals surface area contributed by atoms with E-state index in [0.717, 1.165) is 49.2 Å². The molecule has 0 aromatic carbocycles. The standard InChI is InChI=1S/C16H26F3N5S.HI/c1-3-8-24-9-5-12(6-10-24)22-15(20-2)21-7-4-14-23-13(11-25-14)16(17,18)19;/h11-12H,3-10H2,1-2H3,(H2,20,21,22);1H. The fourth-order valence-electron chi connectivity index (χ4n) is 2.85. The summed E-state index contributed by atoms with van der Waals surface area (Å²) in [5.41, 5.74) is -0.811. The summed E-state index contributed by atoms with van der Waals surface area (Å²) in [5.74, 6) is 0.696. The van der Waals surface area contributed by atoms with Crippen molar-refractivity contribution in [1.82, 2.24) is 20.5 Å². The maximum Gasteiger partial charge on any atom is 0.434 e. The predicted molar refractivity (Wildman–Crippen MR) is 110 cm³/mol. The average molecular weight is 505 g/mol. The van der Waals surface area contributed by atoms with Gasteiger partial charge in [0.25, 0.3) is 0 Å². The van der Waals surface area contributed by atoms with Crippen molar-refractivity contribution in [2.45, 2.75) is 44.8 Å². The quantitative estimate of drug-likeness (QED) is 0.354. The number of likely N-dealkylation sites (tertiary alicyclic amines) is 1. The molecule has 1 aliphatic heterocycles. The molecule has 0 atom stereocenters. The number of nitrogens with zero attached hydrogens (tertiary/aromatic N) is 3. The van der Waals surface area contributed by atoms with Gasteiger partial charge in [-0.25, -0.2) is 4.98 Å². The van der Waals surface area contributed by atoms with Gasteiger partial charge in [0.05, 0.1) is 5.01 Å². The van der Waals surface area contributed by atoms with Gasteiger partial charge >= 0.3 is 6.18 Å². The van der Waals surface area contributed by atoms with Crippen LogP contribution in [0.5, 0.6) is 0 Å². The number of hydrogen-bond acceptors (Lipinski definition) is 4. The third-order valence-electron chi connectivity index (χ3n) is 4.17. The Morgan fingerprint density at radius 3 is 2.62 bits per heavy atom. The molecule has 0 spiro atoms. The molecule has 10 heteroatoms. The van der Waals surface area contributed by atoms with E-state index in [2.05, 4.69) is 32.4 Å². The summed E-state index contributed by atoms with van der Waals surface area (Å²) < 4.78 is 37.6. The normalized spacial score (nSPS) is 17.0. The fourth-order valence-corrected chi connectivity index (χ4v) is 3.65. The van der Waals surface area contributed by atoms with Crippen LogP contribution in [-0.2, 0) is 12.6 Å². The zero-order valence-electron chi connectivity index (χ0n) is 15.1. The number of halogens is 4. The molecule has 1 aromatic heterocycles. The lowest BCUT2D eigenvalue weighted by molar-refractivity contribution is -0.140. The first-order valence-electron chi connectivity index (χ1n) is 8.63. The van der Waals surface area contributed by atoms with Gasteiger partial charge in [0.2, 0.25) is 0 Å². The van der Waals surface area contributed by atoms with Gasteiger partial charge in [-0.2, -0.15) is 13.2 Å². The maximum atomic E-state index is 12.5. The van der Waals surface area contributed by atoms with Gasteiger partial charge in [0, 0.05) is 44.5 Å². The number of aliphatic imine (C=N–C) groups is 1. The predicted octanol–water partition coefficient (Wildman–Crippen LogP) is 3.36. The van der Waals surface area contributed by atoms with Crippen molar-refractivity contribution >= 4 is 41.3 Å². The summed E-state index contributed by atoms with van der Waals surface area (Å²) in [6.07, 6.45) is -0.610.